The van der Waals surface area contributed by atoms with E-state index in [1.807, 2.05) is 30.3 Å². The Kier molecular flexibility index (Phi) is 4.66. The molecule has 2 aromatic carbocycles. The summed E-state index contributed by atoms with van der Waals surface area (Å²) in [5.41, 5.74) is 10.6. The van der Waals surface area contributed by atoms with Crippen molar-refractivity contribution in [3.8, 4) is 11.3 Å². The number of nitrogens with two attached hydrogens (primary N) is 1. The molecule has 1 aliphatic rings. The summed E-state index contributed by atoms with van der Waals surface area (Å²) < 4.78 is 0. The maximum Gasteiger partial charge on any atom is 0.227 e. The number of nitrogen functional groups attached to an aromatic ring is 1. The van der Waals surface area contributed by atoms with E-state index in [1.54, 1.807) is 6.20 Å². The second kappa shape index (κ2) is 7.41. The number of rotatable bonds is 4. The number of nitrogens with one attached hydrogen (secondary N) is 2. The van der Waals surface area contributed by atoms with Crippen LogP contribution in [0.15, 0.2) is 60.8 Å². The van der Waals surface area contributed by atoms with Crippen LogP contribution in [0.25, 0.3) is 11.3 Å². The number of hydrogen-bond donors (Lipinski definition) is 3. The molecular formula is C20H22N6. The third-order valence-corrected chi connectivity index (χ3v) is 4.47. The second-order valence-electron chi connectivity index (χ2n) is 6.30. The van der Waals surface area contributed by atoms with Gasteiger partial charge in [0, 0.05) is 55.0 Å². The molecule has 2 heterocycles. The number of hydrogen-bond acceptors (Lipinski definition) is 6. The van der Waals surface area contributed by atoms with E-state index in [2.05, 4.69) is 49.8 Å². The number of nitrogens with zero attached hydrogens (tertiary/aromatic N) is 3. The van der Waals surface area contributed by atoms with Gasteiger partial charge in [-0.3, -0.25) is 0 Å². The van der Waals surface area contributed by atoms with Crippen molar-refractivity contribution in [3.05, 3.63) is 60.8 Å². The lowest BCUT2D eigenvalue weighted by molar-refractivity contribution is 0.589. The molecule has 0 bridgehead atoms. The molecule has 6 heteroatoms. The summed E-state index contributed by atoms with van der Waals surface area (Å²) in [6, 6.07) is 18.0. The minimum absolute atomic E-state index is 0.578. The molecule has 1 fully saturated rings. The molecule has 0 unspecified atom stereocenters. The zero-order valence-electron chi connectivity index (χ0n) is 14.5. The Balaban J connectivity index is 1.48. The summed E-state index contributed by atoms with van der Waals surface area (Å²) in [6.45, 7) is 4.15. The van der Waals surface area contributed by atoms with Crippen LogP contribution in [-0.4, -0.2) is 36.1 Å². The first kappa shape index (κ1) is 16.4. The maximum atomic E-state index is 5.75. The van der Waals surface area contributed by atoms with Gasteiger partial charge in [0.15, 0.2) is 0 Å². The molecule has 0 radical (unpaired) electrons. The van der Waals surface area contributed by atoms with E-state index in [0.29, 0.717) is 5.95 Å². The van der Waals surface area contributed by atoms with Crippen LogP contribution in [0.4, 0.5) is 23.0 Å². The Bertz CT molecular complexity index is 854. The zero-order valence-corrected chi connectivity index (χ0v) is 14.5. The van der Waals surface area contributed by atoms with E-state index < -0.39 is 0 Å². The van der Waals surface area contributed by atoms with Crippen molar-refractivity contribution in [3.63, 3.8) is 0 Å². The van der Waals surface area contributed by atoms with Gasteiger partial charge in [-0.15, -0.1) is 0 Å². The fourth-order valence-corrected chi connectivity index (χ4v) is 3.04. The Labute approximate surface area is 153 Å². The predicted octanol–water partition coefficient (Wildman–Crippen LogP) is 2.88. The van der Waals surface area contributed by atoms with Crippen LogP contribution in [0, 0.1) is 0 Å². The SMILES string of the molecule is Nc1ccc(-c2ccnc(Nc3ccc(N4CCNCC4)cc3)n2)cc1. The third kappa shape index (κ3) is 3.75. The quantitative estimate of drug-likeness (QED) is 0.631. The molecular weight excluding hydrogens is 324 g/mol. The van der Waals surface area contributed by atoms with Crippen LogP contribution < -0.4 is 21.3 Å². The second-order valence-corrected chi connectivity index (χ2v) is 6.30. The molecule has 1 aliphatic heterocycles. The van der Waals surface area contributed by atoms with Gasteiger partial charge in [-0.05, 0) is 42.5 Å². The maximum absolute atomic E-state index is 5.75. The first-order chi connectivity index (χ1) is 12.8. The largest absolute Gasteiger partial charge is 0.399 e. The average Bonchev–Trinajstić information content (AvgIpc) is 2.70. The van der Waals surface area contributed by atoms with Gasteiger partial charge in [0.05, 0.1) is 5.69 Å². The van der Waals surface area contributed by atoms with E-state index in [1.165, 1.54) is 5.69 Å². The normalized spacial score (nSPS) is 14.2. The van der Waals surface area contributed by atoms with Crippen molar-refractivity contribution in [2.45, 2.75) is 0 Å². The van der Waals surface area contributed by atoms with E-state index in [-0.39, 0.29) is 0 Å². The van der Waals surface area contributed by atoms with Gasteiger partial charge >= 0.3 is 0 Å². The molecule has 6 nitrogen and oxygen atoms in total. The molecule has 0 saturated carbocycles. The molecule has 1 aromatic heterocycles. The van der Waals surface area contributed by atoms with Crippen molar-refractivity contribution in [2.24, 2.45) is 0 Å². The summed E-state index contributed by atoms with van der Waals surface area (Å²) in [6.07, 6.45) is 1.76. The molecule has 0 atom stereocenters. The number of benzene rings is 2. The minimum atomic E-state index is 0.578. The third-order valence-electron chi connectivity index (χ3n) is 4.47. The van der Waals surface area contributed by atoms with Crippen LogP contribution in [0.3, 0.4) is 0 Å². The van der Waals surface area contributed by atoms with Gasteiger partial charge < -0.3 is 21.3 Å². The fraction of sp³-hybridized carbons (Fsp3) is 0.200. The first-order valence-corrected chi connectivity index (χ1v) is 8.80. The standard InChI is InChI=1S/C20H22N6/c21-16-3-1-15(2-4-16)19-9-10-23-20(25-19)24-17-5-7-18(8-6-17)26-13-11-22-12-14-26/h1-10,22H,11-14,21H2,(H,23,24,25). The smallest absolute Gasteiger partial charge is 0.227 e. The molecule has 0 aliphatic carbocycles. The number of piperazine rings is 1. The van der Waals surface area contributed by atoms with Gasteiger partial charge in [0.25, 0.3) is 0 Å². The van der Waals surface area contributed by atoms with Gasteiger partial charge in [0.2, 0.25) is 5.95 Å². The number of anilines is 4. The fourth-order valence-electron chi connectivity index (χ4n) is 3.04. The molecule has 0 spiro atoms. The van der Waals surface area contributed by atoms with Crippen molar-refractivity contribution in [1.82, 2.24) is 15.3 Å². The van der Waals surface area contributed by atoms with E-state index in [4.69, 9.17) is 5.73 Å². The topological polar surface area (TPSA) is 79.1 Å². The zero-order chi connectivity index (χ0) is 17.8. The van der Waals surface area contributed by atoms with Crippen LogP contribution in [0.2, 0.25) is 0 Å². The average molecular weight is 346 g/mol. The summed E-state index contributed by atoms with van der Waals surface area (Å²) in [7, 11) is 0. The van der Waals surface area contributed by atoms with Crippen LogP contribution in [-0.2, 0) is 0 Å². The molecule has 0 amide bonds. The molecule has 3 aromatic rings. The first-order valence-electron chi connectivity index (χ1n) is 8.80. The van der Waals surface area contributed by atoms with Crippen LogP contribution in [0.1, 0.15) is 0 Å². The lowest BCUT2D eigenvalue weighted by Gasteiger charge is -2.29. The van der Waals surface area contributed by atoms with Crippen molar-refractivity contribution >= 4 is 23.0 Å². The monoisotopic (exact) mass is 346 g/mol. The molecule has 4 N–H and O–H groups in total. The van der Waals surface area contributed by atoms with Crippen LogP contribution in [0.5, 0.6) is 0 Å². The molecule has 26 heavy (non-hydrogen) atoms. The highest BCUT2D eigenvalue weighted by Crippen LogP contribution is 2.22. The Morgan fingerprint density at radius 1 is 0.923 bits per heavy atom. The Morgan fingerprint density at radius 3 is 2.38 bits per heavy atom. The Hall–Kier alpha value is -3.12. The Morgan fingerprint density at radius 2 is 1.65 bits per heavy atom. The van der Waals surface area contributed by atoms with E-state index >= 15 is 0 Å². The molecule has 4 rings (SSSR count). The van der Waals surface area contributed by atoms with Crippen molar-refractivity contribution in [2.75, 3.05) is 42.1 Å². The van der Waals surface area contributed by atoms with Gasteiger partial charge in [-0.25, -0.2) is 9.97 Å². The molecule has 132 valence electrons. The van der Waals surface area contributed by atoms with Crippen molar-refractivity contribution in [1.29, 1.82) is 0 Å². The van der Waals surface area contributed by atoms with Gasteiger partial charge in [0.1, 0.15) is 0 Å². The van der Waals surface area contributed by atoms with E-state index in [9.17, 15) is 0 Å². The van der Waals surface area contributed by atoms with Crippen LogP contribution >= 0.6 is 0 Å². The highest BCUT2D eigenvalue weighted by atomic mass is 15.2. The predicted molar refractivity (Wildman–Crippen MR) is 107 cm³/mol. The van der Waals surface area contributed by atoms with Gasteiger partial charge in [-0.1, -0.05) is 12.1 Å². The lowest BCUT2D eigenvalue weighted by Crippen LogP contribution is -2.43. The number of aromatic nitrogens is 2. The summed E-state index contributed by atoms with van der Waals surface area (Å²) in [5, 5.41) is 6.65. The van der Waals surface area contributed by atoms with E-state index in [0.717, 1.165) is 48.8 Å². The van der Waals surface area contributed by atoms with Crippen molar-refractivity contribution < 1.29 is 0 Å². The summed E-state index contributed by atoms with van der Waals surface area (Å²) in [4.78, 5) is 11.3. The minimum Gasteiger partial charge on any atom is -0.399 e. The summed E-state index contributed by atoms with van der Waals surface area (Å²) >= 11 is 0. The summed E-state index contributed by atoms with van der Waals surface area (Å²) in [5.74, 6) is 0.578. The lowest BCUT2D eigenvalue weighted by atomic mass is 10.1. The van der Waals surface area contributed by atoms with Gasteiger partial charge in [-0.2, -0.15) is 0 Å². The molecule has 1 saturated heterocycles. The highest BCUT2D eigenvalue weighted by molar-refractivity contribution is 5.64. The highest BCUT2D eigenvalue weighted by Gasteiger charge is 2.10.